The molecule has 1 fully saturated rings. The average Bonchev–Trinajstić information content (AvgIpc) is 1.65. The van der Waals surface area contributed by atoms with Crippen LogP contribution in [0.4, 0.5) is 0 Å². The van der Waals surface area contributed by atoms with E-state index in [9.17, 15) is 4.79 Å². The molecule has 0 atom stereocenters. The summed E-state index contributed by atoms with van der Waals surface area (Å²) in [5, 5.41) is 3.07. The summed E-state index contributed by atoms with van der Waals surface area (Å²) in [7, 11) is 1.91. The van der Waals surface area contributed by atoms with E-state index in [1.807, 2.05) is 7.05 Å². The second-order valence-electron chi connectivity index (χ2n) is 2.04. The van der Waals surface area contributed by atoms with Crippen molar-refractivity contribution >= 4 is 6.41 Å². The number of amides is 1. The van der Waals surface area contributed by atoms with Gasteiger partial charge in [0.1, 0.15) is 0 Å². The summed E-state index contributed by atoms with van der Waals surface area (Å²) in [6.07, 6.45) is 0.883. The molecular weight excluding hydrogens is 104 g/mol. The van der Waals surface area contributed by atoms with E-state index in [-0.39, 0.29) is 0 Å². The van der Waals surface area contributed by atoms with Gasteiger partial charge in [-0.05, 0) is 7.05 Å². The number of nitrogens with one attached hydrogen (secondary N) is 1. The van der Waals surface area contributed by atoms with Gasteiger partial charge in [-0.3, -0.25) is 4.79 Å². The number of likely N-dealkylation sites (N-methyl/N-ethyl adjacent to an activating group) is 1. The van der Waals surface area contributed by atoms with Crippen LogP contribution in [-0.2, 0) is 4.79 Å². The van der Waals surface area contributed by atoms with Crippen LogP contribution in [0.15, 0.2) is 0 Å². The maximum absolute atomic E-state index is 9.95. The molecule has 1 amide bonds. The van der Waals surface area contributed by atoms with E-state index >= 15 is 0 Å². The van der Waals surface area contributed by atoms with Gasteiger partial charge < -0.3 is 10.2 Å². The Labute approximate surface area is 48.7 Å². The molecule has 0 aliphatic carbocycles. The van der Waals surface area contributed by atoms with Crippen molar-refractivity contribution in [3.8, 4) is 0 Å². The van der Waals surface area contributed by atoms with Crippen LogP contribution >= 0.6 is 0 Å². The Balaban J connectivity index is 2.11. The quantitative estimate of drug-likeness (QED) is 0.469. The van der Waals surface area contributed by atoms with Crippen LogP contribution in [0.5, 0.6) is 0 Å². The van der Waals surface area contributed by atoms with Gasteiger partial charge in [-0.2, -0.15) is 0 Å². The highest BCUT2D eigenvalue weighted by molar-refractivity contribution is 5.49. The number of hydrogen-bond donors (Lipinski definition) is 1. The van der Waals surface area contributed by atoms with Gasteiger partial charge in [0.2, 0.25) is 6.41 Å². The first-order chi connectivity index (χ1) is 3.86. The maximum atomic E-state index is 9.95. The van der Waals surface area contributed by atoms with E-state index in [0.717, 1.165) is 19.5 Å². The van der Waals surface area contributed by atoms with Crippen LogP contribution in [0.1, 0.15) is 0 Å². The maximum Gasteiger partial charge on any atom is 0.209 e. The molecule has 1 saturated heterocycles. The predicted molar refractivity (Wildman–Crippen MR) is 30.5 cm³/mol. The number of carbonyl (C=O) groups is 1. The average molecular weight is 114 g/mol. The smallest absolute Gasteiger partial charge is 0.209 e. The van der Waals surface area contributed by atoms with Crippen LogP contribution in [0, 0.1) is 0 Å². The molecule has 46 valence electrons. The normalized spacial score (nSPS) is 20.4. The zero-order valence-electron chi connectivity index (χ0n) is 4.92. The highest BCUT2D eigenvalue weighted by atomic mass is 16.1. The largest absolute Gasteiger partial charge is 0.342 e. The summed E-state index contributed by atoms with van der Waals surface area (Å²) >= 11 is 0. The minimum absolute atomic E-state index is 0.542. The van der Waals surface area contributed by atoms with Crippen molar-refractivity contribution < 1.29 is 4.79 Å². The van der Waals surface area contributed by atoms with E-state index in [4.69, 9.17) is 0 Å². The Morgan fingerprint density at radius 2 is 2.38 bits per heavy atom. The minimum Gasteiger partial charge on any atom is -0.342 e. The van der Waals surface area contributed by atoms with Crippen molar-refractivity contribution in [2.24, 2.45) is 0 Å². The van der Waals surface area contributed by atoms with E-state index in [0.29, 0.717) is 6.04 Å². The Bertz CT molecular complexity index is 88.4. The molecule has 1 aliphatic heterocycles. The van der Waals surface area contributed by atoms with Crippen LogP contribution in [-0.4, -0.2) is 37.5 Å². The first kappa shape index (κ1) is 5.56. The summed E-state index contributed by atoms with van der Waals surface area (Å²) in [5.74, 6) is 0. The lowest BCUT2D eigenvalue weighted by molar-refractivity contribution is -0.122. The van der Waals surface area contributed by atoms with Crippen LogP contribution in [0.3, 0.4) is 0 Å². The van der Waals surface area contributed by atoms with Crippen molar-refractivity contribution in [1.82, 2.24) is 10.2 Å². The molecule has 0 aromatic carbocycles. The minimum atomic E-state index is 0.542. The SMILES string of the molecule is CNC1CN(C=O)C1. The zero-order chi connectivity index (χ0) is 5.98. The molecule has 0 aromatic rings. The standard InChI is InChI=1S/C5H10N2O/c1-6-5-2-7(3-5)4-8/h4-6H,2-3H2,1H3. The van der Waals surface area contributed by atoms with Gasteiger partial charge in [0.05, 0.1) is 0 Å². The summed E-state index contributed by atoms with van der Waals surface area (Å²) in [5.41, 5.74) is 0. The fraction of sp³-hybridized carbons (Fsp3) is 0.800. The van der Waals surface area contributed by atoms with E-state index in [2.05, 4.69) is 5.32 Å². The first-order valence-corrected chi connectivity index (χ1v) is 2.73. The van der Waals surface area contributed by atoms with Gasteiger partial charge in [0.25, 0.3) is 0 Å². The molecular formula is C5H10N2O. The molecule has 0 saturated carbocycles. The van der Waals surface area contributed by atoms with Gasteiger partial charge >= 0.3 is 0 Å². The number of rotatable bonds is 2. The lowest BCUT2D eigenvalue weighted by Gasteiger charge is -2.35. The molecule has 3 heteroatoms. The number of carbonyl (C=O) groups excluding carboxylic acids is 1. The third-order valence-electron chi connectivity index (χ3n) is 1.47. The van der Waals surface area contributed by atoms with E-state index in [1.54, 1.807) is 4.90 Å². The number of likely N-dealkylation sites (tertiary alicyclic amines) is 1. The lowest BCUT2D eigenvalue weighted by Crippen LogP contribution is -2.56. The van der Waals surface area contributed by atoms with Gasteiger partial charge in [0, 0.05) is 19.1 Å². The molecule has 0 spiro atoms. The lowest BCUT2D eigenvalue weighted by atomic mass is 10.1. The molecule has 0 radical (unpaired) electrons. The van der Waals surface area contributed by atoms with Gasteiger partial charge in [-0.1, -0.05) is 0 Å². The summed E-state index contributed by atoms with van der Waals surface area (Å²) < 4.78 is 0. The second kappa shape index (κ2) is 2.13. The third kappa shape index (κ3) is 0.816. The van der Waals surface area contributed by atoms with Crippen LogP contribution in [0.25, 0.3) is 0 Å². The van der Waals surface area contributed by atoms with Crippen LogP contribution in [0.2, 0.25) is 0 Å². The Hall–Kier alpha value is -0.570. The predicted octanol–water partition coefficient (Wildman–Crippen LogP) is -0.954. The molecule has 3 nitrogen and oxygen atoms in total. The molecule has 0 bridgehead atoms. The summed E-state index contributed by atoms with van der Waals surface area (Å²) in [4.78, 5) is 11.7. The molecule has 0 aromatic heterocycles. The van der Waals surface area contributed by atoms with E-state index < -0.39 is 0 Å². The second-order valence-corrected chi connectivity index (χ2v) is 2.04. The molecule has 0 unspecified atom stereocenters. The Kier molecular flexibility index (Phi) is 1.48. The van der Waals surface area contributed by atoms with Crippen molar-refractivity contribution in [1.29, 1.82) is 0 Å². The topological polar surface area (TPSA) is 32.3 Å². The zero-order valence-corrected chi connectivity index (χ0v) is 4.92. The van der Waals surface area contributed by atoms with E-state index in [1.165, 1.54) is 0 Å². The fourth-order valence-corrected chi connectivity index (χ4v) is 0.781. The fourth-order valence-electron chi connectivity index (χ4n) is 0.781. The molecule has 1 rings (SSSR count). The van der Waals surface area contributed by atoms with Gasteiger partial charge in [0.15, 0.2) is 0 Å². The molecule has 8 heavy (non-hydrogen) atoms. The first-order valence-electron chi connectivity index (χ1n) is 2.73. The Morgan fingerprint density at radius 1 is 1.75 bits per heavy atom. The summed E-state index contributed by atoms with van der Waals surface area (Å²) in [6.45, 7) is 1.75. The highest BCUT2D eigenvalue weighted by Gasteiger charge is 2.22. The molecule has 1 heterocycles. The molecule has 1 aliphatic rings. The third-order valence-corrected chi connectivity index (χ3v) is 1.47. The monoisotopic (exact) mass is 114 g/mol. The van der Waals surface area contributed by atoms with Crippen molar-refractivity contribution in [3.05, 3.63) is 0 Å². The number of hydrogen-bond acceptors (Lipinski definition) is 2. The van der Waals surface area contributed by atoms with Crippen molar-refractivity contribution in [2.45, 2.75) is 6.04 Å². The van der Waals surface area contributed by atoms with Crippen LogP contribution < -0.4 is 5.32 Å². The van der Waals surface area contributed by atoms with Crippen molar-refractivity contribution in [2.75, 3.05) is 20.1 Å². The van der Waals surface area contributed by atoms with Gasteiger partial charge in [-0.25, -0.2) is 0 Å². The van der Waals surface area contributed by atoms with Crippen molar-refractivity contribution in [3.63, 3.8) is 0 Å². The van der Waals surface area contributed by atoms with Gasteiger partial charge in [-0.15, -0.1) is 0 Å². The highest BCUT2D eigenvalue weighted by Crippen LogP contribution is 2.01. The summed E-state index contributed by atoms with van der Waals surface area (Å²) in [6, 6.07) is 0.542. The Morgan fingerprint density at radius 3 is 2.75 bits per heavy atom. The number of nitrogens with zero attached hydrogens (tertiary/aromatic N) is 1. The molecule has 1 N–H and O–H groups in total.